The summed E-state index contributed by atoms with van der Waals surface area (Å²) in [6.45, 7) is 5.54. The van der Waals surface area contributed by atoms with Gasteiger partial charge in [-0.3, -0.25) is 4.79 Å². The van der Waals surface area contributed by atoms with E-state index in [4.69, 9.17) is 5.11 Å². The Balaban J connectivity index is 2.77. The minimum atomic E-state index is -0.284. The number of aliphatic hydroxyl groups excluding tert-OH is 1. The molecule has 4 heteroatoms. The van der Waals surface area contributed by atoms with E-state index >= 15 is 0 Å². The fourth-order valence-electron chi connectivity index (χ4n) is 1.15. The molecule has 1 aromatic heterocycles. The van der Waals surface area contributed by atoms with Crippen LogP contribution in [0.4, 0.5) is 0 Å². The summed E-state index contributed by atoms with van der Waals surface area (Å²) in [7, 11) is 0. The molecule has 1 rings (SSSR count). The van der Waals surface area contributed by atoms with Gasteiger partial charge in [0.15, 0.2) is 0 Å². The van der Waals surface area contributed by atoms with Crippen molar-refractivity contribution >= 4 is 5.91 Å². The first-order valence-electron chi connectivity index (χ1n) is 5.31. The lowest BCUT2D eigenvalue weighted by atomic mass is 10.1. The molecule has 0 aliphatic heterocycles. The van der Waals surface area contributed by atoms with E-state index in [1.165, 1.54) is 6.20 Å². The molecule has 0 fully saturated rings. The molecule has 1 aromatic rings. The first kappa shape index (κ1) is 13.2. The van der Waals surface area contributed by atoms with Crippen LogP contribution in [-0.2, 0) is 0 Å². The second-order valence-corrected chi connectivity index (χ2v) is 4.60. The number of nitrogens with one attached hydrogen (secondary N) is 1. The maximum atomic E-state index is 11.7. The number of rotatable bonds is 1. The van der Waals surface area contributed by atoms with Gasteiger partial charge in [-0.25, -0.2) is 4.98 Å². The summed E-state index contributed by atoms with van der Waals surface area (Å²) in [5, 5.41) is 11.4. The van der Waals surface area contributed by atoms with Gasteiger partial charge >= 0.3 is 0 Å². The Hall–Kier alpha value is -1.86. The second kappa shape index (κ2) is 5.46. The molecule has 0 radical (unpaired) electrons. The van der Waals surface area contributed by atoms with Crippen molar-refractivity contribution in [3.8, 4) is 11.8 Å². The summed E-state index contributed by atoms with van der Waals surface area (Å²) in [6, 6.07) is 3.32. The molecule has 0 saturated heterocycles. The van der Waals surface area contributed by atoms with Crippen molar-refractivity contribution in [3.63, 3.8) is 0 Å². The molecular weight excluding hydrogens is 216 g/mol. The summed E-state index contributed by atoms with van der Waals surface area (Å²) in [5.74, 6) is 5.02. The zero-order valence-electron chi connectivity index (χ0n) is 10.2. The largest absolute Gasteiger partial charge is 0.384 e. The molecule has 0 atom stereocenters. The van der Waals surface area contributed by atoms with Gasteiger partial charge in [-0.15, -0.1) is 0 Å². The molecule has 1 heterocycles. The van der Waals surface area contributed by atoms with Crippen molar-refractivity contribution in [1.29, 1.82) is 0 Å². The van der Waals surface area contributed by atoms with E-state index in [9.17, 15) is 4.79 Å². The number of hydrogen-bond donors (Lipinski definition) is 2. The first-order valence-corrected chi connectivity index (χ1v) is 5.31. The van der Waals surface area contributed by atoms with Crippen LogP contribution in [0.3, 0.4) is 0 Å². The Kier molecular flexibility index (Phi) is 4.24. The highest BCUT2D eigenvalue weighted by atomic mass is 16.2. The average Bonchev–Trinajstić information content (AvgIpc) is 2.24. The molecule has 17 heavy (non-hydrogen) atoms. The van der Waals surface area contributed by atoms with Gasteiger partial charge in [-0.05, 0) is 32.9 Å². The maximum absolute atomic E-state index is 11.7. The summed E-state index contributed by atoms with van der Waals surface area (Å²) >= 11 is 0. The van der Waals surface area contributed by atoms with E-state index in [2.05, 4.69) is 22.1 Å². The Morgan fingerprint density at radius 2 is 2.18 bits per heavy atom. The lowest BCUT2D eigenvalue weighted by Crippen LogP contribution is -2.40. The number of carbonyl (C=O) groups is 1. The van der Waals surface area contributed by atoms with Crippen LogP contribution >= 0.6 is 0 Å². The van der Waals surface area contributed by atoms with E-state index in [1.807, 2.05) is 20.8 Å². The number of aliphatic hydroxyl groups is 1. The van der Waals surface area contributed by atoms with Gasteiger partial charge < -0.3 is 10.4 Å². The van der Waals surface area contributed by atoms with Crippen LogP contribution in [-0.4, -0.2) is 28.1 Å². The van der Waals surface area contributed by atoms with Crippen molar-refractivity contribution in [2.24, 2.45) is 0 Å². The Bertz CT molecular complexity index is 447. The molecule has 4 nitrogen and oxygen atoms in total. The van der Waals surface area contributed by atoms with Crippen molar-refractivity contribution in [3.05, 3.63) is 29.6 Å². The summed E-state index contributed by atoms with van der Waals surface area (Å²) in [5.41, 5.74) is 0.745. The summed E-state index contributed by atoms with van der Waals surface area (Å²) in [4.78, 5) is 15.8. The first-order chi connectivity index (χ1) is 7.92. The predicted octanol–water partition coefficient (Wildman–Crippen LogP) is 0.954. The molecule has 0 spiro atoms. The van der Waals surface area contributed by atoms with Gasteiger partial charge in [-0.1, -0.05) is 11.8 Å². The normalized spacial score (nSPS) is 10.4. The van der Waals surface area contributed by atoms with Gasteiger partial charge in [0.05, 0.1) is 0 Å². The zero-order chi connectivity index (χ0) is 12.9. The molecule has 2 N–H and O–H groups in total. The molecule has 0 aromatic carbocycles. The zero-order valence-corrected chi connectivity index (χ0v) is 10.2. The van der Waals surface area contributed by atoms with E-state index in [-0.39, 0.29) is 18.1 Å². The average molecular weight is 232 g/mol. The highest BCUT2D eigenvalue weighted by molar-refractivity contribution is 5.92. The van der Waals surface area contributed by atoms with E-state index in [0.29, 0.717) is 11.3 Å². The molecular formula is C13H16N2O2. The number of pyridine rings is 1. The Morgan fingerprint density at radius 1 is 1.47 bits per heavy atom. The standard InChI is InChI=1S/C13H16N2O2/c1-13(2,3)15-12(17)11-7-6-10(9-14-11)5-4-8-16/h6-7,9,16H,8H2,1-3H3,(H,15,17). The van der Waals surface area contributed by atoms with Gasteiger partial charge in [0, 0.05) is 17.3 Å². The number of nitrogens with zero attached hydrogens (tertiary/aromatic N) is 1. The summed E-state index contributed by atoms with van der Waals surface area (Å²) in [6.07, 6.45) is 1.51. The summed E-state index contributed by atoms with van der Waals surface area (Å²) < 4.78 is 0. The van der Waals surface area contributed by atoms with Crippen LogP contribution in [0.5, 0.6) is 0 Å². The van der Waals surface area contributed by atoms with Gasteiger partial charge in [-0.2, -0.15) is 0 Å². The minimum absolute atomic E-state index is 0.188. The topological polar surface area (TPSA) is 62.2 Å². The quantitative estimate of drug-likeness (QED) is 0.709. The Labute approximate surface area is 101 Å². The number of aromatic nitrogens is 1. The molecule has 1 amide bonds. The van der Waals surface area contributed by atoms with Crippen molar-refractivity contribution in [2.75, 3.05) is 6.61 Å². The van der Waals surface area contributed by atoms with Gasteiger partial charge in [0.25, 0.3) is 5.91 Å². The van der Waals surface area contributed by atoms with Crippen molar-refractivity contribution in [2.45, 2.75) is 26.3 Å². The number of hydrogen-bond acceptors (Lipinski definition) is 3. The van der Waals surface area contributed by atoms with E-state index in [1.54, 1.807) is 12.1 Å². The number of carbonyl (C=O) groups excluding carboxylic acids is 1. The predicted molar refractivity (Wildman–Crippen MR) is 65.4 cm³/mol. The molecule has 0 aliphatic rings. The van der Waals surface area contributed by atoms with Crippen LogP contribution in [0.1, 0.15) is 36.8 Å². The van der Waals surface area contributed by atoms with Crippen LogP contribution < -0.4 is 5.32 Å². The van der Waals surface area contributed by atoms with Crippen molar-refractivity contribution in [1.82, 2.24) is 10.3 Å². The maximum Gasteiger partial charge on any atom is 0.270 e. The van der Waals surface area contributed by atoms with Crippen LogP contribution in [0.15, 0.2) is 18.3 Å². The highest BCUT2D eigenvalue weighted by Crippen LogP contribution is 2.03. The fraction of sp³-hybridized carbons (Fsp3) is 0.385. The second-order valence-electron chi connectivity index (χ2n) is 4.60. The van der Waals surface area contributed by atoms with Crippen LogP contribution in [0.25, 0.3) is 0 Å². The van der Waals surface area contributed by atoms with Crippen molar-refractivity contribution < 1.29 is 9.90 Å². The monoisotopic (exact) mass is 232 g/mol. The lowest BCUT2D eigenvalue weighted by molar-refractivity contribution is 0.0914. The SMILES string of the molecule is CC(C)(C)NC(=O)c1ccc(C#CCO)cn1. The van der Waals surface area contributed by atoms with Crippen LogP contribution in [0.2, 0.25) is 0 Å². The smallest absolute Gasteiger partial charge is 0.270 e. The lowest BCUT2D eigenvalue weighted by Gasteiger charge is -2.19. The van der Waals surface area contributed by atoms with Gasteiger partial charge in [0.2, 0.25) is 0 Å². The molecule has 90 valence electrons. The van der Waals surface area contributed by atoms with Gasteiger partial charge in [0.1, 0.15) is 12.3 Å². The molecule has 0 aliphatic carbocycles. The Morgan fingerprint density at radius 3 is 2.65 bits per heavy atom. The third-order valence-electron chi connectivity index (χ3n) is 1.80. The van der Waals surface area contributed by atoms with E-state index < -0.39 is 0 Å². The fourth-order valence-corrected chi connectivity index (χ4v) is 1.15. The van der Waals surface area contributed by atoms with E-state index in [0.717, 1.165) is 0 Å². The highest BCUT2D eigenvalue weighted by Gasteiger charge is 2.15. The van der Waals surface area contributed by atoms with Crippen LogP contribution in [0, 0.1) is 11.8 Å². The molecule has 0 bridgehead atoms. The third-order valence-corrected chi connectivity index (χ3v) is 1.80. The minimum Gasteiger partial charge on any atom is -0.384 e. The molecule has 0 unspecified atom stereocenters. The third kappa shape index (κ3) is 4.66. The number of amides is 1. The molecule has 0 saturated carbocycles.